The number of halogens is 2. The smallest absolute Gasteiger partial charge is 0.197 e. The van der Waals surface area contributed by atoms with E-state index in [1.807, 2.05) is 0 Å². The number of nitrogens with zero attached hydrogens (tertiary/aromatic N) is 2. The van der Waals surface area contributed by atoms with E-state index < -0.39 is 11.6 Å². The Kier molecular flexibility index (Phi) is 2.93. The third-order valence-corrected chi connectivity index (χ3v) is 2.29. The molecule has 1 aromatic heterocycles. The minimum Gasteiger partial charge on any atom is -0.328 e. The normalized spacial score (nSPS) is 9.94. The number of aromatic nitrogens is 2. The van der Waals surface area contributed by atoms with E-state index in [4.69, 9.17) is 17.5 Å². The zero-order valence-corrected chi connectivity index (χ0v) is 9.18. The van der Waals surface area contributed by atoms with Gasteiger partial charge in [-0.2, -0.15) is 5.26 Å². The second kappa shape index (κ2) is 4.39. The second-order valence-corrected chi connectivity index (χ2v) is 3.64. The fourth-order valence-corrected chi connectivity index (χ4v) is 1.54. The lowest BCUT2D eigenvalue weighted by molar-refractivity contribution is 0.614. The van der Waals surface area contributed by atoms with Crippen molar-refractivity contribution < 1.29 is 8.78 Å². The highest BCUT2D eigenvalue weighted by Gasteiger charge is 2.08. The molecule has 17 heavy (non-hydrogen) atoms. The lowest BCUT2D eigenvalue weighted by Gasteiger charge is -2.03. The van der Waals surface area contributed by atoms with Crippen LogP contribution in [0.1, 0.15) is 5.56 Å². The predicted octanol–water partition coefficient (Wildman–Crippen LogP) is 2.96. The largest absolute Gasteiger partial charge is 0.328 e. The van der Waals surface area contributed by atoms with E-state index >= 15 is 0 Å². The van der Waals surface area contributed by atoms with Crippen LogP contribution < -0.4 is 0 Å². The van der Waals surface area contributed by atoms with Crippen molar-refractivity contribution in [1.82, 2.24) is 9.97 Å². The number of hydrogen-bond acceptors (Lipinski definition) is 3. The second-order valence-electron chi connectivity index (χ2n) is 3.25. The highest BCUT2D eigenvalue weighted by Crippen LogP contribution is 2.22. The Hall–Kier alpha value is -2.13. The molecule has 0 aliphatic heterocycles. The summed E-state index contributed by atoms with van der Waals surface area (Å²) in [6, 6.07) is 5.34. The molecule has 1 aromatic carbocycles. The van der Waals surface area contributed by atoms with E-state index in [2.05, 4.69) is 9.97 Å². The third kappa shape index (κ3) is 2.34. The van der Waals surface area contributed by atoms with E-state index in [1.165, 1.54) is 6.07 Å². The van der Waals surface area contributed by atoms with Gasteiger partial charge in [0.2, 0.25) is 0 Å². The van der Waals surface area contributed by atoms with Crippen LogP contribution in [0.15, 0.2) is 24.4 Å². The first-order chi connectivity index (χ1) is 8.10. The maximum absolute atomic E-state index is 13.5. The van der Waals surface area contributed by atoms with E-state index in [9.17, 15) is 8.78 Å². The van der Waals surface area contributed by atoms with Gasteiger partial charge in [-0.1, -0.05) is 0 Å². The summed E-state index contributed by atoms with van der Waals surface area (Å²) in [7, 11) is 0. The van der Waals surface area contributed by atoms with Crippen molar-refractivity contribution in [2.45, 2.75) is 0 Å². The maximum Gasteiger partial charge on any atom is 0.197 e. The van der Waals surface area contributed by atoms with Gasteiger partial charge in [-0.3, -0.25) is 0 Å². The van der Waals surface area contributed by atoms with E-state index in [0.29, 0.717) is 0 Å². The molecule has 0 aliphatic carbocycles. The molecule has 84 valence electrons. The van der Waals surface area contributed by atoms with Crippen molar-refractivity contribution in [2.24, 2.45) is 0 Å². The van der Waals surface area contributed by atoms with Gasteiger partial charge in [0.25, 0.3) is 0 Å². The molecule has 3 nitrogen and oxygen atoms in total. The highest BCUT2D eigenvalue weighted by atomic mass is 32.1. The van der Waals surface area contributed by atoms with Crippen LogP contribution in [-0.2, 0) is 0 Å². The van der Waals surface area contributed by atoms with Crippen LogP contribution in [0, 0.1) is 27.7 Å². The van der Waals surface area contributed by atoms with Crippen LogP contribution in [-0.4, -0.2) is 9.97 Å². The van der Waals surface area contributed by atoms with Crippen LogP contribution in [0.2, 0.25) is 0 Å². The summed E-state index contributed by atoms with van der Waals surface area (Å²) in [6.45, 7) is 0. The molecule has 0 amide bonds. The lowest BCUT2D eigenvalue weighted by atomic mass is 10.1. The number of benzene rings is 1. The van der Waals surface area contributed by atoms with Crippen LogP contribution in [0.5, 0.6) is 0 Å². The quantitative estimate of drug-likeness (QED) is 0.790. The van der Waals surface area contributed by atoms with Gasteiger partial charge in [-0.05, 0) is 30.4 Å². The molecule has 0 saturated heterocycles. The fourth-order valence-electron chi connectivity index (χ4n) is 1.39. The lowest BCUT2D eigenvalue weighted by Crippen LogP contribution is -1.93. The van der Waals surface area contributed by atoms with Crippen molar-refractivity contribution in [3.8, 4) is 17.3 Å². The molecule has 0 aliphatic rings. The topological polar surface area (TPSA) is 52.5 Å². The highest BCUT2D eigenvalue weighted by molar-refractivity contribution is 7.71. The SMILES string of the molecule is N#Cc1cc(F)cc(-c2[nH]c(=S)ncc2F)c1. The van der Waals surface area contributed by atoms with Gasteiger partial charge in [0, 0.05) is 5.56 Å². The summed E-state index contributed by atoms with van der Waals surface area (Å²) in [5.74, 6) is -1.28. The Morgan fingerprint density at radius 2 is 2.06 bits per heavy atom. The van der Waals surface area contributed by atoms with Crippen LogP contribution in [0.4, 0.5) is 8.78 Å². The predicted molar refractivity (Wildman–Crippen MR) is 59.5 cm³/mol. The van der Waals surface area contributed by atoms with E-state index in [-0.39, 0.29) is 21.6 Å². The van der Waals surface area contributed by atoms with Crippen molar-refractivity contribution in [3.05, 3.63) is 46.4 Å². The summed E-state index contributed by atoms with van der Waals surface area (Å²) >= 11 is 4.76. The summed E-state index contributed by atoms with van der Waals surface area (Å²) in [4.78, 5) is 6.08. The Bertz CT molecular complexity index is 673. The van der Waals surface area contributed by atoms with Crippen molar-refractivity contribution in [2.75, 3.05) is 0 Å². The van der Waals surface area contributed by atoms with Gasteiger partial charge in [-0.25, -0.2) is 13.8 Å². The molecule has 6 heteroatoms. The summed E-state index contributed by atoms with van der Waals surface area (Å²) < 4.78 is 26.8. The van der Waals surface area contributed by atoms with Crippen LogP contribution in [0.3, 0.4) is 0 Å². The summed E-state index contributed by atoms with van der Waals surface area (Å²) in [6.07, 6.45) is 0.950. The standard InChI is InChI=1S/C11H5F2N3S/c12-8-2-6(4-14)1-7(3-8)10-9(13)5-15-11(17)16-10/h1-3,5H,(H,15,16,17). The number of rotatable bonds is 1. The van der Waals surface area contributed by atoms with Gasteiger partial charge < -0.3 is 4.98 Å². The van der Waals surface area contributed by atoms with E-state index in [0.717, 1.165) is 18.3 Å². The molecule has 0 spiro atoms. The fraction of sp³-hybridized carbons (Fsp3) is 0. The average molecular weight is 249 g/mol. The Balaban J connectivity index is 2.68. The zero-order valence-electron chi connectivity index (χ0n) is 8.37. The molecule has 2 rings (SSSR count). The van der Waals surface area contributed by atoms with Crippen molar-refractivity contribution in [3.63, 3.8) is 0 Å². The van der Waals surface area contributed by atoms with Gasteiger partial charge in [0.1, 0.15) is 5.82 Å². The molecular formula is C11H5F2N3S. The van der Waals surface area contributed by atoms with Crippen LogP contribution >= 0.6 is 12.2 Å². The van der Waals surface area contributed by atoms with E-state index in [1.54, 1.807) is 6.07 Å². The first-order valence-corrected chi connectivity index (χ1v) is 4.97. The number of nitrogens with one attached hydrogen (secondary N) is 1. The Morgan fingerprint density at radius 1 is 1.29 bits per heavy atom. The Morgan fingerprint density at radius 3 is 2.76 bits per heavy atom. The zero-order chi connectivity index (χ0) is 12.4. The number of nitriles is 1. The van der Waals surface area contributed by atoms with Crippen LogP contribution in [0.25, 0.3) is 11.3 Å². The monoisotopic (exact) mass is 249 g/mol. The molecule has 0 radical (unpaired) electrons. The summed E-state index contributed by atoms with van der Waals surface area (Å²) in [5.41, 5.74) is 0.337. The first kappa shape index (κ1) is 11.4. The summed E-state index contributed by atoms with van der Waals surface area (Å²) in [5, 5.41) is 8.70. The molecule has 2 aromatic rings. The van der Waals surface area contributed by atoms with Gasteiger partial charge in [0.05, 0.1) is 23.5 Å². The van der Waals surface area contributed by atoms with Gasteiger partial charge in [0.15, 0.2) is 10.6 Å². The average Bonchev–Trinajstić information content (AvgIpc) is 2.31. The number of hydrogen-bond donors (Lipinski definition) is 1. The van der Waals surface area contributed by atoms with Crippen molar-refractivity contribution >= 4 is 12.2 Å². The van der Waals surface area contributed by atoms with Gasteiger partial charge >= 0.3 is 0 Å². The first-order valence-electron chi connectivity index (χ1n) is 4.56. The molecule has 0 unspecified atom stereocenters. The minimum atomic E-state index is -0.659. The third-order valence-electron chi connectivity index (χ3n) is 2.08. The molecular weight excluding hydrogens is 244 g/mol. The van der Waals surface area contributed by atoms with Crippen molar-refractivity contribution in [1.29, 1.82) is 5.26 Å². The number of H-pyrrole nitrogens is 1. The molecule has 1 N–H and O–H groups in total. The van der Waals surface area contributed by atoms with Gasteiger partial charge in [-0.15, -0.1) is 0 Å². The molecule has 0 atom stereocenters. The minimum absolute atomic E-state index is 0.0148. The molecule has 0 fully saturated rings. The molecule has 0 saturated carbocycles. The molecule has 1 heterocycles. The molecule has 0 bridgehead atoms. The maximum atomic E-state index is 13.5. The Labute approximate surface area is 100 Å². The number of aromatic amines is 1.